The summed E-state index contributed by atoms with van der Waals surface area (Å²) in [6.45, 7) is 4.81. The molecule has 0 amide bonds. The summed E-state index contributed by atoms with van der Waals surface area (Å²) in [4.78, 5) is -1.48. The Kier molecular flexibility index (Phi) is 6.71. The fourth-order valence-electron chi connectivity index (χ4n) is 3.51. The average molecular weight is 579 g/mol. The van der Waals surface area contributed by atoms with Crippen molar-refractivity contribution in [3.63, 3.8) is 0 Å². The van der Waals surface area contributed by atoms with E-state index in [-0.39, 0.29) is 32.7 Å². The van der Waals surface area contributed by atoms with Crippen LogP contribution in [0.5, 0.6) is 5.88 Å². The number of nitrogens with zero attached hydrogens (tertiary/aromatic N) is 4. The molecule has 0 saturated heterocycles. The minimum atomic E-state index is -4.84. The molecule has 4 aromatic rings. The van der Waals surface area contributed by atoms with E-state index in [9.17, 15) is 39.5 Å². The SMILES string of the molecule is C=CS(=O)(=O)c1ccc(-n2nc(C)c(/N=N/c3ccc4c(S(=O)(=O)O)cc(S(=O)(=O)O)cc4c3)c2O)cc1. The van der Waals surface area contributed by atoms with Crippen LogP contribution in [0.2, 0.25) is 0 Å². The van der Waals surface area contributed by atoms with Gasteiger partial charge in [0.25, 0.3) is 20.2 Å². The molecule has 38 heavy (non-hydrogen) atoms. The summed E-state index contributed by atoms with van der Waals surface area (Å²) < 4.78 is 90.5. The van der Waals surface area contributed by atoms with Gasteiger partial charge in [0, 0.05) is 10.8 Å². The lowest BCUT2D eigenvalue weighted by Gasteiger charge is -2.07. The number of benzene rings is 3. The Hall–Kier alpha value is -3.96. The van der Waals surface area contributed by atoms with Gasteiger partial charge in [-0.15, -0.1) is 5.11 Å². The maximum atomic E-state index is 11.9. The summed E-state index contributed by atoms with van der Waals surface area (Å²) in [5, 5.41) is 23.6. The number of fused-ring (bicyclic) bond motifs is 1. The first-order valence-electron chi connectivity index (χ1n) is 10.3. The van der Waals surface area contributed by atoms with Gasteiger partial charge >= 0.3 is 0 Å². The van der Waals surface area contributed by atoms with Crippen LogP contribution in [0.1, 0.15) is 5.69 Å². The molecule has 0 fully saturated rings. The lowest BCUT2D eigenvalue weighted by Crippen LogP contribution is -2.04. The molecule has 1 heterocycles. The van der Waals surface area contributed by atoms with E-state index >= 15 is 0 Å². The number of rotatable bonds is 7. The Labute approximate surface area is 216 Å². The van der Waals surface area contributed by atoms with Gasteiger partial charge in [-0.05, 0) is 60.8 Å². The monoisotopic (exact) mass is 578 g/mol. The van der Waals surface area contributed by atoms with E-state index in [4.69, 9.17) is 0 Å². The van der Waals surface area contributed by atoms with E-state index in [0.29, 0.717) is 11.8 Å². The molecule has 0 aliphatic rings. The van der Waals surface area contributed by atoms with Gasteiger partial charge in [-0.25, -0.2) is 8.42 Å². The van der Waals surface area contributed by atoms with Crippen LogP contribution in [0.25, 0.3) is 16.5 Å². The molecule has 3 aromatic carbocycles. The van der Waals surface area contributed by atoms with Gasteiger partial charge in [-0.1, -0.05) is 12.6 Å². The Morgan fingerprint density at radius 3 is 2.11 bits per heavy atom. The average Bonchev–Trinajstić information content (AvgIpc) is 3.13. The highest BCUT2D eigenvalue weighted by Gasteiger charge is 2.21. The molecular formula is C22H18N4O9S3. The first-order chi connectivity index (χ1) is 17.6. The maximum absolute atomic E-state index is 11.9. The van der Waals surface area contributed by atoms with Crippen molar-refractivity contribution in [1.82, 2.24) is 9.78 Å². The molecule has 0 unspecified atom stereocenters. The zero-order chi connectivity index (χ0) is 28.0. The molecule has 1 aromatic heterocycles. The number of azo groups is 1. The lowest BCUT2D eigenvalue weighted by molar-refractivity contribution is 0.434. The van der Waals surface area contributed by atoms with Crippen LogP contribution < -0.4 is 0 Å². The molecule has 0 atom stereocenters. The van der Waals surface area contributed by atoms with Crippen LogP contribution in [-0.2, 0) is 30.1 Å². The summed E-state index contributed by atoms with van der Waals surface area (Å²) in [5.74, 6) is -0.409. The quantitative estimate of drug-likeness (QED) is 0.213. The third-order valence-electron chi connectivity index (χ3n) is 5.35. The highest BCUT2D eigenvalue weighted by atomic mass is 32.2. The first kappa shape index (κ1) is 27.1. The van der Waals surface area contributed by atoms with E-state index < -0.39 is 45.7 Å². The van der Waals surface area contributed by atoms with Gasteiger partial charge in [0.1, 0.15) is 4.90 Å². The van der Waals surface area contributed by atoms with Crippen LogP contribution in [0.15, 0.2) is 91.5 Å². The summed E-state index contributed by atoms with van der Waals surface area (Å²) in [6.07, 6.45) is 0. The van der Waals surface area contributed by atoms with Gasteiger partial charge in [-0.2, -0.15) is 31.7 Å². The highest BCUT2D eigenvalue weighted by molar-refractivity contribution is 7.94. The standard InChI is InChI=1S/C22H18N4O9S3/c1-3-36(28,29)17-7-5-16(6-8-17)26-22(27)21(13(2)25-26)24-23-15-4-9-19-14(10-15)11-18(37(30,31)32)12-20(19)38(33,34)35/h3-12,27H,1H2,2H3,(H,30,31,32)(H,33,34,35)/b24-23+. The largest absolute Gasteiger partial charge is 0.492 e. The molecule has 4 rings (SSSR count). The van der Waals surface area contributed by atoms with Crippen molar-refractivity contribution in [3.8, 4) is 11.6 Å². The fraction of sp³-hybridized carbons (Fsp3) is 0.0455. The zero-order valence-corrected chi connectivity index (χ0v) is 21.7. The summed E-state index contributed by atoms with van der Waals surface area (Å²) in [6, 6.07) is 11.0. The van der Waals surface area contributed by atoms with Crippen molar-refractivity contribution >= 4 is 52.2 Å². The summed E-state index contributed by atoms with van der Waals surface area (Å²) >= 11 is 0. The fourth-order valence-corrected chi connectivity index (χ4v) is 5.57. The Balaban J connectivity index is 1.74. The molecule has 3 N–H and O–H groups in total. The molecule has 0 aliphatic carbocycles. The number of sulfone groups is 1. The van der Waals surface area contributed by atoms with Gasteiger partial charge in [0.2, 0.25) is 5.88 Å². The lowest BCUT2D eigenvalue weighted by atomic mass is 10.1. The van der Waals surface area contributed by atoms with Crippen molar-refractivity contribution in [2.75, 3.05) is 0 Å². The van der Waals surface area contributed by atoms with Crippen LogP contribution in [0, 0.1) is 6.92 Å². The first-order valence-corrected chi connectivity index (χ1v) is 14.8. The van der Waals surface area contributed by atoms with Gasteiger partial charge < -0.3 is 5.11 Å². The molecule has 13 nitrogen and oxygen atoms in total. The van der Waals surface area contributed by atoms with Gasteiger partial charge in [0.05, 0.1) is 26.9 Å². The van der Waals surface area contributed by atoms with E-state index in [2.05, 4.69) is 21.9 Å². The number of aromatic hydroxyl groups is 1. The minimum Gasteiger partial charge on any atom is -0.492 e. The Morgan fingerprint density at radius 1 is 0.868 bits per heavy atom. The second-order valence-electron chi connectivity index (χ2n) is 7.85. The van der Waals surface area contributed by atoms with Crippen molar-refractivity contribution in [1.29, 1.82) is 0 Å². The minimum absolute atomic E-state index is 0.00476. The topological polar surface area (TPSA) is 206 Å². The van der Waals surface area contributed by atoms with Gasteiger partial charge in [0.15, 0.2) is 15.5 Å². The molecule has 0 radical (unpaired) electrons. The number of aromatic nitrogens is 2. The predicted octanol–water partition coefficient (Wildman–Crippen LogP) is 3.87. The third-order valence-corrected chi connectivity index (χ3v) is 8.44. The molecule has 16 heteroatoms. The zero-order valence-electron chi connectivity index (χ0n) is 19.3. The normalized spacial score (nSPS) is 12.8. The highest BCUT2D eigenvalue weighted by Crippen LogP contribution is 2.35. The van der Waals surface area contributed by atoms with Crippen LogP contribution >= 0.6 is 0 Å². The summed E-state index contributed by atoms with van der Waals surface area (Å²) in [5.41, 5.74) is 0.670. The van der Waals surface area contributed by atoms with Crippen LogP contribution in [0.3, 0.4) is 0 Å². The van der Waals surface area contributed by atoms with Crippen molar-refractivity contribution in [2.45, 2.75) is 21.6 Å². The van der Waals surface area contributed by atoms with E-state index in [1.165, 1.54) is 49.4 Å². The molecule has 0 aliphatic heterocycles. The van der Waals surface area contributed by atoms with Crippen molar-refractivity contribution < 1.29 is 39.5 Å². The number of hydrogen-bond donors (Lipinski definition) is 3. The predicted molar refractivity (Wildman–Crippen MR) is 135 cm³/mol. The van der Waals surface area contributed by atoms with Crippen LogP contribution in [0.4, 0.5) is 11.4 Å². The number of aryl methyl sites for hydroxylation is 1. The number of hydrogen-bond acceptors (Lipinski definition) is 10. The van der Waals surface area contributed by atoms with Gasteiger partial charge in [-0.3, -0.25) is 9.11 Å². The van der Waals surface area contributed by atoms with E-state index in [1.54, 1.807) is 0 Å². The van der Waals surface area contributed by atoms with Crippen molar-refractivity contribution in [2.24, 2.45) is 10.2 Å². The molecular weight excluding hydrogens is 560 g/mol. The summed E-state index contributed by atoms with van der Waals surface area (Å²) in [7, 11) is -13.3. The molecule has 0 bridgehead atoms. The second-order valence-corrected chi connectivity index (χ2v) is 12.6. The maximum Gasteiger partial charge on any atom is 0.295 e. The van der Waals surface area contributed by atoms with Crippen molar-refractivity contribution in [3.05, 3.63) is 72.3 Å². The molecule has 198 valence electrons. The van der Waals surface area contributed by atoms with E-state index in [1.807, 2.05) is 0 Å². The Morgan fingerprint density at radius 2 is 1.53 bits per heavy atom. The second kappa shape index (κ2) is 9.41. The van der Waals surface area contributed by atoms with Crippen LogP contribution in [-0.4, -0.2) is 49.2 Å². The Bertz CT molecular complexity index is 1960. The molecule has 0 saturated carbocycles. The third kappa shape index (κ3) is 5.20. The smallest absolute Gasteiger partial charge is 0.295 e. The van der Waals surface area contributed by atoms with E-state index in [0.717, 1.165) is 16.2 Å². The molecule has 0 spiro atoms.